The lowest BCUT2D eigenvalue weighted by molar-refractivity contribution is 0.650. The monoisotopic (exact) mass is 794 g/mol. The van der Waals surface area contributed by atoms with Crippen molar-refractivity contribution in [2.45, 2.75) is 38.5 Å². The SMILES string of the molecule is CC1(C)c2cc3c(cc2-c2c1cc(-c1cccc(-c4ccccc4)c1)c1oc4ccccc4c21)C(C)(C)c1cc(-c2cccc(-c4ccccc4)c2)c2oc4ccccc4c2c1-3. The van der Waals surface area contributed by atoms with Crippen LogP contribution in [0.2, 0.25) is 0 Å². The van der Waals surface area contributed by atoms with Crippen LogP contribution in [0, 0.1) is 0 Å². The van der Waals surface area contributed by atoms with E-state index in [1.165, 1.54) is 77.5 Å². The third-order valence-corrected chi connectivity index (χ3v) is 14.2. The van der Waals surface area contributed by atoms with Gasteiger partial charge in [0.15, 0.2) is 0 Å². The highest BCUT2D eigenvalue weighted by Crippen LogP contribution is 2.61. The first-order chi connectivity index (χ1) is 30.3. The van der Waals surface area contributed by atoms with Gasteiger partial charge in [-0.3, -0.25) is 0 Å². The number of hydrogen-bond acceptors (Lipinski definition) is 2. The Bertz CT molecular complexity index is 3430. The van der Waals surface area contributed by atoms with E-state index in [1.54, 1.807) is 0 Å². The highest BCUT2D eigenvalue weighted by Gasteiger charge is 2.44. The highest BCUT2D eigenvalue weighted by atomic mass is 16.3. The van der Waals surface area contributed by atoms with Crippen LogP contribution in [0.1, 0.15) is 49.9 Å². The Kier molecular flexibility index (Phi) is 7.16. The molecule has 13 rings (SSSR count). The zero-order valence-electron chi connectivity index (χ0n) is 35.1. The van der Waals surface area contributed by atoms with Gasteiger partial charge in [-0.25, -0.2) is 0 Å². The fourth-order valence-corrected chi connectivity index (χ4v) is 11.1. The molecule has 2 aliphatic rings. The van der Waals surface area contributed by atoms with Gasteiger partial charge in [0, 0.05) is 43.5 Å². The molecule has 2 aromatic heterocycles. The summed E-state index contributed by atoms with van der Waals surface area (Å²) < 4.78 is 13.9. The fourth-order valence-electron chi connectivity index (χ4n) is 11.1. The molecule has 0 fully saturated rings. The first-order valence-electron chi connectivity index (χ1n) is 21.7. The topological polar surface area (TPSA) is 26.3 Å². The third-order valence-electron chi connectivity index (χ3n) is 14.2. The fraction of sp³-hybridized carbons (Fsp3) is 0.100. The van der Waals surface area contributed by atoms with Gasteiger partial charge in [-0.1, -0.05) is 161 Å². The lowest BCUT2D eigenvalue weighted by atomic mass is 9.78. The van der Waals surface area contributed by atoms with E-state index in [2.05, 4.69) is 210 Å². The molecule has 0 saturated carbocycles. The summed E-state index contributed by atoms with van der Waals surface area (Å²) in [6.07, 6.45) is 0. The normalized spacial score (nSPS) is 14.4. The molecular formula is C60H42O2. The van der Waals surface area contributed by atoms with Crippen molar-refractivity contribution >= 4 is 43.9 Å². The van der Waals surface area contributed by atoms with Gasteiger partial charge in [0.2, 0.25) is 0 Å². The molecule has 11 aromatic rings. The Hall–Kier alpha value is -7.42. The number of para-hydroxylation sites is 2. The molecule has 0 radical (unpaired) electrons. The van der Waals surface area contributed by atoms with Crippen LogP contribution in [0.4, 0.5) is 0 Å². The second-order valence-corrected chi connectivity index (χ2v) is 18.4. The molecule has 2 aliphatic carbocycles. The Morgan fingerprint density at radius 3 is 1.10 bits per heavy atom. The van der Waals surface area contributed by atoms with Gasteiger partial charge < -0.3 is 8.83 Å². The van der Waals surface area contributed by atoms with Crippen molar-refractivity contribution < 1.29 is 8.83 Å². The van der Waals surface area contributed by atoms with Gasteiger partial charge in [0.05, 0.1) is 0 Å². The maximum absolute atomic E-state index is 6.94. The average Bonchev–Trinajstić information content (AvgIpc) is 4.01. The number of fused-ring (bicyclic) bond motifs is 14. The Morgan fingerprint density at radius 1 is 0.306 bits per heavy atom. The van der Waals surface area contributed by atoms with Crippen LogP contribution in [-0.2, 0) is 10.8 Å². The van der Waals surface area contributed by atoms with Crippen LogP contribution in [-0.4, -0.2) is 0 Å². The van der Waals surface area contributed by atoms with Gasteiger partial charge in [-0.15, -0.1) is 0 Å². The molecule has 2 heterocycles. The number of rotatable bonds is 4. The van der Waals surface area contributed by atoms with Crippen molar-refractivity contribution in [3.8, 4) is 66.8 Å². The second kappa shape index (κ2) is 12.6. The average molecular weight is 795 g/mol. The molecule has 2 nitrogen and oxygen atoms in total. The van der Waals surface area contributed by atoms with Crippen LogP contribution in [0.25, 0.3) is 111 Å². The van der Waals surface area contributed by atoms with E-state index in [1.807, 2.05) is 0 Å². The molecule has 9 aromatic carbocycles. The van der Waals surface area contributed by atoms with Crippen LogP contribution in [0.5, 0.6) is 0 Å². The van der Waals surface area contributed by atoms with E-state index >= 15 is 0 Å². The predicted octanol–water partition coefficient (Wildman–Crippen LogP) is 16.8. The molecule has 0 N–H and O–H groups in total. The van der Waals surface area contributed by atoms with E-state index in [9.17, 15) is 0 Å². The summed E-state index contributed by atoms with van der Waals surface area (Å²) in [4.78, 5) is 0. The van der Waals surface area contributed by atoms with Gasteiger partial charge in [0.25, 0.3) is 0 Å². The molecule has 0 saturated heterocycles. The summed E-state index contributed by atoms with van der Waals surface area (Å²) >= 11 is 0. The van der Waals surface area contributed by atoms with Gasteiger partial charge in [-0.2, -0.15) is 0 Å². The largest absolute Gasteiger partial charge is 0.455 e. The van der Waals surface area contributed by atoms with Crippen LogP contribution >= 0.6 is 0 Å². The third kappa shape index (κ3) is 4.81. The van der Waals surface area contributed by atoms with Crippen molar-refractivity contribution in [2.75, 3.05) is 0 Å². The minimum atomic E-state index is -0.291. The van der Waals surface area contributed by atoms with Gasteiger partial charge in [-0.05, 0) is 126 Å². The van der Waals surface area contributed by atoms with Crippen molar-refractivity contribution in [2.24, 2.45) is 0 Å². The second-order valence-electron chi connectivity index (χ2n) is 18.4. The van der Waals surface area contributed by atoms with Crippen molar-refractivity contribution in [1.82, 2.24) is 0 Å². The number of benzene rings is 9. The summed E-state index contributed by atoms with van der Waals surface area (Å²) in [5, 5.41) is 4.70. The lowest BCUT2D eigenvalue weighted by Crippen LogP contribution is -2.17. The summed E-state index contributed by atoms with van der Waals surface area (Å²) in [7, 11) is 0. The summed E-state index contributed by atoms with van der Waals surface area (Å²) in [6.45, 7) is 9.65. The standard InChI is InChI=1S/C60H42O2/c1-59(2)47-33-46-48(34-45(47)53-49(59)31-43(57-55(53)41-25-11-13-27-51(41)61-57)39-23-15-21-37(29-39)35-17-7-5-8-18-35)60(3,4)50-32-44(40-24-16-22-38(30-40)36-19-9-6-10-20-36)58-56(54(46)50)42-26-12-14-28-52(42)62-58/h5-34H,1-4H3. The summed E-state index contributed by atoms with van der Waals surface area (Å²) in [5.74, 6) is 0. The van der Waals surface area contributed by atoms with E-state index in [0.717, 1.165) is 55.4 Å². The predicted molar refractivity (Wildman–Crippen MR) is 258 cm³/mol. The quantitative estimate of drug-likeness (QED) is 0.177. The van der Waals surface area contributed by atoms with Crippen LogP contribution < -0.4 is 0 Å². The minimum absolute atomic E-state index is 0.291. The van der Waals surface area contributed by atoms with Crippen molar-refractivity contribution in [1.29, 1.82) is 0 Å². The maximum atomic E-state index is 6.94. The summed E-state index contributed by atoms with van der Waals surface area (Å²) in [5.41, 5.74) is 23.0. The molecule has 294 valence electrons. The van der Waals surface area contributed by atoms with E-state index < -0.39 is 0 Å². The first kappa shape index (κ1) is 35.3. The molecule has 0 atom stereocenters. The van der Waals surface area contributed by atoms with Crippen molar-refractivity contribution in [3.05, 3.63) is 204 Å². The van der Waals surface area contributed by atoms with E-state index in [0.29, 0.717) is 0 Å². The highest BCUT2D eigenvalue weighted by molar-refractivity contribution is 6.21. The molecule has 0 bridgehead atoms. The zero-order chi connectivity index (χ0) is 41.5. The Labute approximate surface area is 360 Å². The first-order valence-corrected chi connectivity index (χ1v) is 21.7. The van der Waals surface area contributed by atoms with E-state index in [-0.39, 0.29) is 10.8 Å². The van der Waals surface area contributed by atoms with Crippen molar-refractivity contribution in [3.63, 3.8) is 0 Å². The van der Waals surface area contributed by atoms with Gasteiger partial charge >= 0.3 is 0 Å². The Morgan fingerprint density at radius 2 is 0.661 bits per heavy atom. The maximum Gasteiger partial charge on any atom is 0.143 e. The molecule has 0 unspecified atom stereocenters. The smallest absolute Gasteiger partial charge is 0.143 e. The zero-order valence-corrected chi connectivity index (χ0v) is 35.1. The number of furan rings is 2. The van der Waals surface area contributed by atoms with Crippen LogP contribution in [0.15, 0.2) is 191 Å². The summed E-state index contributed by atoms with van der Waals surface area (Å²) in [6, 6.07) is 66.3. The lowest BCUT2D eigenvalue weighted by Gasteiger charge is -2.24. The molecule has 62 heavy (non-hydrogen) atoms. The molecular weight excluding hydrogens is 753 g/mol. The Balaban J connectivity index is 1.06. The molecule has 0 amide bonds. The molecule has 0 aliphatic heterocycles. The van der Waals surface area contributed by atoms with Gasteiger partial charge in [0.1, 0.15) is 22.3 Å². The number of hydrogen-bond donors (Lipinski definition) is 0. The minimum Gasteiger partial charge on any atom is -0.455 e. The molecule has 0 spiro atoms. The molecule has 2 heteroatoms. The van der Waals surface area contributed by atoms with Crippen LogP contribution in [0.3, 0.4) is 0 Å². The van der Waals surface area contributed by atoms with E-state index in [4.69, 9.17) is 8.83 Å².